The van der Waals surface area contributed by atoms with Crippen LogP contribution in [-0.4, -0.2) is 34.5 Å². The third-order valence-corrected chi connectivity index (χ3v) is 17.0. The number of thioether (sulfide) groups is 1. The fraction of sp³-hybridized carbons (Fsp3) is 0.236. The molecule has 1 fully saturated rings. The number of amidine groups is 2. The molecule has 5 aliphatic carbocycles. The maximum absolute atomic E-state index is 5.80. The zero-order chi connectivity index (χ0) is 40.2. The van der Waals surface area contributed by atoms with Gasteiger partial charge in [0, 0.05) is 44.1 Å². The van der Waals surface area contributed by atoms with Gasteiger partial charge in [0.05, 0.1) is 11.5 Å². The molecule has 0 amide bonds. The first-order chi connectivity index (χ1) is 29.4. The summed E-state index contributed by atoms with van der Waals surface area (Å²) in [6.07, 6.45) is 28.5. The van der Waals surface area contributed by atoms with E-state index in [0.717, 1.165) is 18.1 Å². The van der Waals surface area contributed by atoms with E-state index in [0.29, 0.717) is 11.2 Å². The fourth-order valence-electron chi connectivity index (χ4n) is 12.0. The predicted octanol–water partition coefficient (Wildman–Crippen LogP) is 11.7. The molecule has 8 atom stereocenters. The topological polar surface area (TPSA) is 40.0 Å². The first-order valence-corrected chi connectivity index (χ1v) is 22.6. The van der Waals surface area contributed by atoms with Gasteiger partial charge < -0.3 is 10.2 Å². The number of benzene rings is 4. The molecular formula is C55H48N4S. The molecule has 12 rings (SSSR count). The van der Waals surface area contributed by atoms with Gasteiger partial charge in [-0.05, 0) is 57.4 Å². The van der Waals surface area contributed by atoms with Crippen LogP contribution in [-0.2, 0) is 5.41 Å². The van der Waals surface area contributed by atoms with Crippen molar-refractivity contribution in [1.29, 1.82) is 0 Å². The lowest BCUT2D eigenvalue weighted by molar-refractivity contribution is 0.215. The number of nitrogens with one attached hydrogen (secondary N) is 1. The highest BCUT2D eigenvalue weighted by Crippen LogP contribution is 2.66. The summed E-state index contributed by atoms with van der Waals surface area (Å²) in [5, 5.41) is 4.50. The summed E-state index contributed by atoms with van der Waals surface area (Å²) in [6.45, 7) is 7.19. The van der Waals surface area contributed by atoms with Gasteiger partial charge >= 0.3 is 0 Å². The second-order valence-electron chi connectivity index (χ2n) is 18.1. The minimum Gasteiger partial charge on any atom is -0.325 e. The Bertz CT molecular complexity index is 2740. The maximum Gasteiger partial charge on any atom is 0.221 e. The molecule has 0 spiro atoms. The minimum atomic E-state index is -0.493. The normalized spacial score (nSPS) is 32.1. The number of hydrogen-bond acceptors (Lipinski definition) is 5. The summed E-state index contributed by atoms with van der Waals surface area (Å²) in [5.41, 5.74) is 12.4. The summed E-state index contributed by atoms with van der Waals surface area (Å²) in [7, 11) is 0. The van der Waals surface area contributed by atoms with Crippen molar-refractivity contribution in [2.24, 2.45) is 26.7 Å². The molecule has 8 unspecified atom stereocenters. The Morgan fingerprint density at radius 2 is 1.38 bits per heavy atom. The van der Waals surface area contributed by atoms with Crippen molar-refractivity contribution in [2.45, 2.75) is 61.4 Å². The quantitative estimate of drug-likeness (QED) is 0.219. The lowest BCUT2D eigenvalue weighted by Gasteiger charge is -2.44. The van der Waals surface area contributed by atoms with Crippen molar-refractivity contribution >= 4 is 34.7 Å². The zero-order valence-electron chi connectivity index (χ0n) is 34.2. The first-order valence-electron chi connectivity index (χ1n) is 21.6. The fourth-order valence-corrected chi connectivity index (χ4v) is 14.0. The van der Waals surface area contributed by atoms with Gasteiger partial charge in [-0.25, -0.2) is 9.98 Å². The Hall–Kier alpha value is -5.91. The van der Waals surface area contributed by atoms with Crippen LogP contribution < -0.4 is 10.2 Å². The summed E-state index contributed by atoms with van der Waals surface area (Å²) in [5.74, 6) is 2.36. The average molecular weight is 797 g/mol. The second-order valence-corrected chi connectivity index (χ2v) is 19.3. The predicted molar refractivity (Wildman–Crippen MR) is 250 cm³/mol. The number of hydrogen-bond donors (Lipinski definition) is 1. The Balaban J connectivity index is 1.05. The minimum absolute atomic E-state index is 0.0109. The molecule has 294 valence electrons. The molecule has 60 heavy (non-hydrogen) atoms. The molecule has 0 saturated carbocycles. The Kier molecular flexibility index (Phi) is 7.97. The van der Waals surface area contributed by atoms with Crippen LogP contribution in [0.3, 0.4) is 0 Å². The van der Waals surface area contributed by atoms with Crippen LogP contribution in [0.5, 0.6) is 0 Å². The summed E-state index contributed by atoms with van der Waals surface area (Å²) >= 11 is 2.08. The molecule has 3 aliphatic heterocycles. The van der Waals surface area contributed by atoms with Crippen molar-refractivity contribution in [1.82, 2.24) is 5.32 Å². The molecular weight excluding hydrogens is 749 g/mol. The Labute approximate surface area is 358 Å². The molecule has 4 aromatic rings. The first kappa shape index (κ1) is 36.0. The van der Waals surface area contributed by atoms with Gasteiger partial charge in [0.2, 0.25) is 6.29 Å². The van der Waals surface area contributed by atoms with E-state index in [1.54, 1.807) is 0 Å². The molecule has 4 nitrogen and oxygen atoms in total. The largest absolute Gasteiger partial charge is 0.325 e. The van der Waals surface area contributed by atoms with Crippen LogP contribution in [0, 0.1) is 16.7 Å². The standard InChI is InChI=1S/C55H48N4S/c1-35-18-16-19-36(34-35)50-56-51(42-26-17-33-54(3)49(42)60-46-29-14-15-32-53(46,54)2)58-52(57-50)59-45-28-13-11-24-39(45)40-30-31-44-47(48(40)59)41-25-10-12-27-43(41)55(44,37-20-6-4-7-21-37)38-22-8-5-9-23-38/h4-33,35,46-49,52H,34H2,1-3H3,(H,56,57,58). The van der Waals surface area contributed by atoms with E-state index in [4.69, 9.17) is 9.98 Å². The van der Waals surface area contributed by atoms with Gasteiger partial charge in [-0.15, -0.1) is 11.8 Å². The molecule has 5 heteroatoms. The van der Waals surface area contributed by atoms with Crippen LogP contribution >= 0.6 is 11.8 Å². The van der Waals surface area contributed by atoms with E-state index in [1.807, 2.05) is 0 Å². The third kappa shape index (κ3) is 4.87. The van der Waals surface area contributed by atoms with Crippen molar-refractivity contribution in [3.63, 3.8) is 0 Å². The molecule has 3 heterocycles. The zero-order valence-corrected chi connectivity index (χ0v) is 35.1. The summed E-state index contributed by atoms with van der Waals surface area (Å²) in [6, 6.07) is 40.5. The highest BCUT2D eigenvalue weighted by atomic mass is 32.2. The van der Waals surface area contributed by atoms with Crippen LogP contribution in [0.25, 0.3) is 5.57 Å². The van der Waals surface area contributed by atoms with Crippen LogP contribution in [0.2, 0.25) is 0 Å². The highest BCUT2D eigenvalue weighted by molar-refractivity contribution is 8.01. The Morgan fingerprint density at radius 3 is 2.18 bits per heavy atom. The van der Waals surface area contributed by atoms with Crippen LogP contribution in [0.1, 0.15) is 60.9 Å². The highest BCUT2D eigenvalue weighted by Gasteiger charge is 2.61. The summed E-state index contributed by atoms with van der Waals surface area (Å²) in [4.78, 5) is 14.1. The smallest absolute Gasteiger partial charge is 0.221 e. The average Bonchev–Trinajstić information content (AvgIpc) is 3.88. The SMILES string of the molecule is CC1C=CC=C(C2=NC(N3c4ccccc4C4=CC=C5C(c6ccccc6C5(c5ccccc5)c5ccccc5)C43)N=C(C3=CC=CC4(C)C3SC3C=CC=CC34C)N2)C1. The van der Waals surface area contributed by atoms with Gasteiger partial charge in [0.25, 0.3) is 0 Å². The lowest BCUT2D eigenvalue weighted by atomic mass is 9.59. The van der Waals surface area contributed by atoms with E-state index in [-0.39, 0.29) is 28.0 Å². The van der Waals surface area contributed by atoms with E-state index in [1.165, 1.54) is 55.8 Å². The third-order valence-electron chi connectivity index (χ3n) is 15.0. The number of anilines is 1. The van der Waals surface area contributed by atoms with E-state index >= 15 is 0 Å². The monoisotopic (exact) mass is 796 g/mol. The number of rotatable bonds is 5. The van der Waals surface area contributed by atoms with E-state index < -0.39 is 11.7 Å². The number of fused-ring (bicyclic) bond motifs is 10. The number of nitrogens with zero attached hydrogens (tertiary/aromatic N) is 3. The number of para-hydroxylation sites is 1. The molecule has 0 radical (unpaired) electrons. The Morgan fingerprint density at radius 1 is 0.667 bits per heavy atom. The summed E-state index contributed by atoms with van der Waals surface area (Å²) < 4.78 is 0. The molecule has 1 N–H and O–H groups in total. The number of aliphatic imine (C=N–C) groups is 2. The lowest BCUT2D eigenvalue weighted by Crippen LogP contribution is -2.50. The molecule has 0 bridgehead atoms. The molecule has 0 aromatic heterocycles. The molecule has 1 saturated heterocycles. The van der Waals surface area contributed by atoms with Gasteiger partial charge in [-0.3, -0.25) is 0 Å². The van der Waals surface area contributed by atoms with E-state index in [9.17, 15) is 0 Å². The van der Waals surface area contributed by atoms with Gasteiger partial charge in [-0.1, -0.05) is 197 Å². The van der Waals surface area contributed by atoms with Crippen molar-refractivity contribution < 1.29 is 0 Å². The van der Waals surface area contributed by atoms with Crippen molar-refractivity contribution in [3.8, 4) is 0 Å². The van der Waals surface area contributed by atoms with Crippen LogP contribution in [0.4, 0.5) is 5.69 Å². The molecule has 8 aliphatic rings. The van der Waals surface area contributed by atoms with Gasteiger partial charge in [0.1, 0.15) is 11.7 Å². The molecule has 4 aromatic carbocycles. The maximum atomic E-state index is 5.80. The van der Waals surface area contributed by atoms with Crippen molar-refractivity contribution in [2.75, 3.05) is 4.90 Å². The van der Waals surface area contributed by atoms with Gasteiger partial charge in [0.15, 0.2) is 0 Å². The second kappa shape index (κ2) is 13.3. The van der Waals surface area contributed by atoms with Crippen LogP contribution in [0.15, 0.2) is 209 Å². The van der Waals surface area contributed by atoms with Gasteiger partial charge in [-0.2, -0.15) is 0 Å². The number of allylic oxidation sites excluding steroid dienone is 11. The van der Waals surface area contributed by atoms with Crippen molar-refractivity contribution in [3.05, 3.63) is 227 Å². The van der Waals surface area contributed by atoms with E-state index in [2.05, 4.69) is 225 Å².